The van der Waals surface area contributed by atoms with Gasteiger partial charge in [0.05, 0.1) is 62.0 Å². The lowest BCUT2D eigenvalue weighted by Crippen LogP contribution is -2.15. The summed E-state index contributed by atoms with van der Waals surface area (Å²) in [5.41, 5.74) is 1.57. The first-order chi connectivity index (χ1) is 16.6. The number of benzene rings is 1. The van der Waals surface area contributed by atoms with Crippen molar-refractivity contribution in [3.8, 4) is 23.3 Å². The van der Waals surface area contributed by atoms with Crippen LogP contribution in [0.1, 0.15) is 11.4 Å². The summed E-state index contributed by atoms with van der Waals surface area (Å²) in [6.07, 6.45) is 7.85. The molecule has 0 saturated heterocycles. The van der Waals surface area contributed by atoms with Gasteiger partial charge in [-0.3, -0.25) is 14.5 Å². The monoisotopic (exact) mass is 459 g/mol. The summed E-state index contributed by atoms with van der Waals surface area (Å²) >= 11 is 0. The molecule has 1 aromatic carbocycles. The van der Waals surface area contributed by atoms with E-state index in [2.05, 4.69) is 31.4 Å². The quantitative estimate of drug-likeness (QED) is 0.400. The summed E-state index contributed by atoms with van der Waals surface area (Å²) in [7, 11) is 3.11. The van der Waals surface area contributed by atoms with Gasteiger partial charge >= 0.3 is 0 Å². The van der Waals surface area contributed by atoms with Crippen molar-refractivity contribution in [3.63, 3.8) is 0 Å². The van der Waals surface area contributed by atoms with E-state index >= 15 is 0 Å². The summed E-state index contributed by atoms with van der Waals surface area (Å²) in [6.45, 7) is 1.12. The van der Waals surface area contributed by atoms with Gasteiger partial charge in [-0.15, -0.1) is 0 Å². The number of methoxy groups -OCH3 is 2. The van der Waals surface area contributed by atoms with Crippen LogP contribution in [-0.2, 0) is 22.5 Å². The fourth-order valence-corrected chi connectivity index (χ4v) is 3.19. The van der Waals surface area contributed by atoms with Crippen molar-refractivity contribution < 1.29 is 19.0 Å². The number of anilines is 1. The Morgan fingerprint density at radius 3 is 2.71 bits per heavy atom. The first-order valence-corrected chi connectivity index (χ1v) is 10.3. The van der Waals surface area contributed by atoms with Crippen LogP contribution in [0.25, 0.3) is 10.9 Å². The van der Waals surface area contributed by atoms with Gasteiger partial charge in [0, 0.05) is 31.0 Å². The van der Waals surface area contributed by atoms with Crippen LogP contribution in [0.5, 0.6) is 17.2 Å². The summed E-state index contributed by atoms with van der Waals surface area (Å²) in [4.78, 5) is 25.1. The lowest BCUT2D eigenvalue weighted by atomic mass is 10.1. The molecule has 4 rings (SSSR count). The van der Waals surface area contributed by atoms with Gasteiger partial charge in [-0.2, -0.15) is 10.4 Å². The van der Waals surface area contributed by atoms with Gasteiger partial charge in [0.15, 0.2) is 5.75 Å². The molecule has 11 nitrogen and oxygen atoms in total. The number of fused-ring (bicyclic) bond motifs is 1. The van der Waals surface area contributed by atoms with Crippen molar-refractivity contribution in [2.75, 3.05) is 26.1 Å². The van der Waals surface area contributed by atoms with Crippen molar-refractivity contribution in [2.45, 2.75) is 13.0 Å². The van der Waals surface area contributed by atoms with Crippen molar-refractivity contribution in [1.82, 2.24) is 24.7 Å². The van der Waals surface area contributed by atoms with Crippen LogP contribution < -0.4 is 14.8 Å². The molecule has 0 atom stereocenters. The fraction of sp³-hybridized carbons (Fsp3) is 0.217. The number of rotatable bonds is 9. The first-order valence-electron chi connectivity index (χ1n) is 10.3. The summed E-state index contributed by atoms with van der Waals surface area (Å²) in [5, 5.41) is 16.9. The Morgan fingerprint density at radius 1 is 1.15 bits per heavy atom. The maximum Gasteiger partial charge on any atom is 0.232 e. The van der Waals surface area contributed by atoms with Crippen molar-refractivity contribution in [1.29, 1.82) is 5.26 Å². The molecule has 0 radical (unpaired) electrons. The van der Waals surface area contributed by atoms with E-state index in [0.29, 0.717) is 58.4 Å². The molecule has 1 N–H and O–H groups in total. The second-order valence-electron chi connectivity index (χ2n) is 7.14. The highest BCUT2D eigenvalue weighted by atomic mass is 16.5. The number of hydrogen-bond acceptors (Lipinski definition) is 9. The van der Waals surface area contributed by atoms with Crippen LogP contribution in [0.4, 0.5) is 5.69 Å². The van der Waals surface area contributed by atoms with E-state index in [1.54, 1.807) is 48.6 Å². The SMILES string of the molecule is COCCn1cc(NC(=O)Cc2ncc(Oc3ccnc4cc(OC)c(C#N)cc34)cn2)cn1. The standard InChI is InChI=1S/C23H21N7O4/c1-32-6-5-30-14-16(11-28-30)29-23(31)9-22-26-12-17(13-27-22)34-20-3-4-25-19-8-21(33-2)15(10-24)7-18(19)20/h3-4,7-8,11-14H,5-6,9H2,1-2H3,(H,29,31). The Hall–Kier alpha value is -4.56. The number of ether oxygens (including phenoxy) is 3. The maximum atomic E-state index is 12.3. The lowest BCUT2D eigenvalue weighted by Gasteiger charge is -2.10. The molecule has 0 saturated carbocycles. The smallest absolute Gasteiger partial charge is 0.232 e. The number of hydrogen-bond donors (Lipinski definition) is 1. The number of carbonyl (C=O) groups excluding carboxylic acids is 1. The van der Waals surface area contributed by atoms with Crippen LogP contribution >= 0.6 is 0 Å². The Labute approximate surface area is 194 Å². The second kappa shape index (κ2) is 10.4. The zero-order valence-electron chi connectivity index (χ0n) is 18.6. The predicted molar refractivity (Wildman–Crippen MR) is 122 cm³/mol. The van der Waals surface area contributed by atoms with Gasteiger partial charge < -0.3 is 19.5 Å². The Bertz CT molecular complexity index is 1350. The second-order valence-corrected chi connectivity index (χ2v) is 7.14. The molecule has 3 heterocycles. The van der Waals surface area contributed by atoms with Gasteiger partial charge in [-0.25, -0.2) is 9.97 Å². The molecule has 3 aromatic heterocycles. The van der Waals surface area contributed by atoms with Gasteiger partial charge in [-0.05, 0) is 12.1 Å². The summed E-state index contributed by atoms with van der Waals surface area (Å²) in [6, 6.07) is 7.13. The number of carbonyl (C=O) groups is 1. The number of nitrogens with zero attached hydrogens (tertiary/aromatic N) is 6. The van der Waals surface area contributed by atoms with E-state index in [0.717, 1.165) is 0 Å². The number of pyridine rings is 1. The van der Waals surface area contributed by atoms with Crippen LogP contribution in [0.2, 0.25) is 0 Å². The highest BCUT2D eigenvalue weighted by molar-refractivity contribution is 5.91. The largest absolute Gasteiger partial charge is 0.495 e. The molecule has 4 aromatic rings. The van der Waals surface area contributed by atoms with Crippen molar-refractivity contribution in [2.24, 2.45) is 0 Å². The molecule has 0 aliphatic carbocycles. The van der Waals surface area contributed by atoms with Gasteiger partial charge in [0.1, 0.15) is 23.4 Å². The van der Waals surface area contributed by atoms with Gasteiger partial charge in [0.25, 0.3) is 0 Å². The molecular weight excluding hydrogens is 438 g/mol. The first kappa shape index (κ1) is 22.6. The zero-order chi connectivity index (χ0) is 23.9. The molecule has 11 heteroatoms. The van der Waals surface area contributed by atoms with E-state index in [1.807, 2.05) is 0 Å². The third-order valence-corrected chi connectivity index (χ3v) is 4.81. The molecule has 0 aliphatic rings. The van der Waals surface area contributed by atoms with Crippen LogP contribution in [0, 0.1) is 11.3 Å². The summed E-state index contributed by atoms with van der Waals surface area (Å²) < 4.78 is 17.8. The van der Waals surface area contributed by atoms with Crippen LogP contribution in [0.3, 0.4) is 0 Å². The van der Waals surface area contributed by atoms with Crippen LogP contribution in [-0.4, -0.2) is 51.5 Å². The fourth-order valence-electron chi connectivity index (χ4n) is 3.19. The van der Waals surface area contributed by atoms with E-state index in [9.17, 15) is 10.1 Å². The predicted octanol–water partition coefficient (Wildman–Crippen LogP) is 2.72. The van der Waals surface area contributed by atoms with Gasteiger partial charge in [0.2, 0.25) is 5.91 Å². The normalized spacial score (nSPS) is 10.6. The van der Waals surface area contributed by atoms with E-state index in [4.69, 9.17) is 14.2 Å². The number of nitriles is 1. The molecular formula is C23H21N7O4. The molecule has 34 heavy (non-hydrogen) atoms. The Morgan fingerprint density at radius 2 is 1.97 bits per heavy atom. The van der Waals surface area contributed by atoms with Gasteiger partial charge in [-0.1, -0.05) is 0 Å². The number of aromatic nitrogens is 5. The number of nitrogens with one attached hydrogen (secondary N) is 1. The molecule has 0 bridgehead atoms. The van der Waals surface area contributed by atoms with E-state index < -0.39 is 0 Å². The molecule has 172 valence electrons. The van der Waals surface area contributed by atoms with Crippen LogP contribution in [0.15, 0.2) is 49.2 Å². The lowest BCUT2D eigenvalue weighted by molar-refractivity contribution is -0.115. The average molecular weight is 459 g/mol. The van der Waals surface area contributed by atoms with E-state index in [1.165, 1.54) is 19.5 Å². The highest BCUT2D eigenvalue weighted by Crippen LogP contribution is 2.32. The third kappa shape index (κ3) is 5.25. The molecule has 1 amide bonds. The molecule has 0 fully saturated rings. The average Bonchev–Trinajstić information content (AvgIpc) is 3.30. The summed E-state index contributed by atoms with van der Waals surface area (Å²) in [5.74, 6) is 1.38. The van der Waals surface area contributed by atoms with Crippen molar-refractivity contribution >= 4 is 22.5 Å². The minimum absolute atomic E-state index is 0.00690. The zero-order valence-corrected chi connectivity index (χ0v) is 18.6. The third-order valence-electron chi connectivity index (χ3n) is 4.81. The minimum Gasteiger partial charge on any atom is -0.495 e. The highest BCUT2D eigenvalue weighted by Gasteiger charge is 2.12. The molecule has 0 unspecified atom stereocenters. The van der Waals surface area contributed by atoms with E-state index in [-0.39, 0.29) is 12.3 Å². The number of amides is 1. The topological polar surface area (TPSA) is 137 Å². The Balaban J connectivity index is 1.42. The maximum absolute atomic E-state index is 12.3. The van der Waals surface area contributed by atoms with Crippen molar-refractivity contribution in [3.05, 3.63) is 60.6 Å². The molecule has 0 spiro atoms. The Kier molecular flexibility index (Phi) is 6.90. The molecule has 0 aliphatic heterocycles. The minimum atomic E-state index is -0.266.